The van der Waals surface area contributed by atoms with Crippen LogP contribution in [0.25, 0.3) is 0 Å². The lowest BCUT2D eigenvalue weighted by Gasteiger charge is -2.64. The van der Waals surface area contributed by atoms with Crippen molar-refractivity contribution >= 4 is 0 Å². The van der Waals surface area contributed by atoms with Crippen molar-refractivity contribution in [1.82, 2.24) is 0 Å². The van der Waals surface area contributed by atoms with Gasteiger partial charge in [-0.1, -0.05) is 13.8 Å². The maximum absolute atomic E-state index is 12.1. The van der Waals surface area contributed by atoms with E-state index in [4.69, 9.17) is 9.47 Å². The van der Waals surface area contributed by atoms with Gasteiger partial charge in [0, 0.05) is 5.41 Å². The Hall–Kier alpha value is -0.280. The number of ether oxygens (including phenoxy) is 2. The van der Waals surface area contributed by atoms with Gasteiger partial charge in [-0.3, -0.25) is 0 Å². The van der Waals surface area contributed by atoms with Crippen molar-refractivity contribution in [2.45, 2.75) is 134 Å². The van der Waals surface area contributed by atoms with Crippen molar-refractivity contribution in [2.24, 2.45) is 34.5 Å². The Kier molecular flexibility index (Phi) is 6.45. The van der Waals surface area contributed by atoms with Gasteiger partial charge in [0.15, 0.2) is 6.29 Å². The van der Waals surface area contributed by atoms with Gasteiger partial charge in [-0.25, -0.2) is 0 Å². The van der Waals surface area contributed by atoms with Gasteiger partial charge in [0.1, 0.15) is 18.3 Å². The molecule has 0 radical (unpaired) electrons. The van der Waals surface area contributed by atoms with Crippen LogP contribution in [0.1, 0.15) is 85.5 Å². The molecule has 5 aliphatic rings. The standard InChI is InChI=1S/C27H46O7/c1-14(28)18-9-12-27(32)20-6-5-16-13-17(34-24-23(31)22(30)21(29)15(2)33-24)7-10-25(16,3)19(20)8-11-26(18,27)4/h14-24,28-32H,5-13H2,1-4H3/t14-,15+,16?,17+,18-,19+,20-,21+,22-,23-,24+,25+,26-,27+/m1/s1. The Morgan fingerprint density at radius 3 is 2.32 bits per heavy atom. The highest BCUT2D eigenvalue weighted by Gasteiger charge is 2.67. The van der Waals surface area contributed by atoms with Gasteiger partial charge in [-0.2, -0.15) is 0 Å². The Morgan fingerprint density at radius 1 is 0.882 bits per heavy atom. The van der Waals surface area contributed by atoms with Crippen LogP contribution in [0.5, 0.6) is 0 Å². The van der Waals surface area contributed by atoms with Crippen LogP contribution in [0.2, 0.25) is 0 Å². The van der Waals surface area contributed by atoms with Gasteiger partial charge in [0.25, 0.3) is 0 Å². The van der Waals surface area contributed by atoms with E-state index in [0.29, 0.717) is 11.8 Å². The highest BCUT2D eigenvalue weighted by atomic mass is 16.7. The number of aliphatic hydroxyl groups excluding tert-OH is 4. The van der Waals surface area contributed by atoms with Crippen LogP contribution in [0, 0.1) is 34.5 Å². The van der Waals surface area contributed by atoms with E-state index in [1.165, 1.54) is 0 Å². The maximum Gasteiger partial charge on any atom is 0.186 e. The van der Waals surface area contributed by atoms with Crippen LogP contribution >= 0.6 is 0 Å². The van der Waals surface area contributed by atoms with E-state index in [1.54, 1.807) is 6.92 Å². The fourth-order valence-corrected chi connectivity index (χ4v) is 9.44. The predicted molar refractivity (Wildman–Crippen MR) is 126 cm³/mol. The van der Waals surface area contributed by atoms with E-state index < -0.39 is 36.3 Å². The lowest BCUT2D eigenvalue weighted by molar-refractivity contribution is -0.310. The summed E-state index contributed by atoms with van der Waals surface area (Å²) < 4.78 is 11.9. The van der Waals surface area contributed by atoms with Gasteiger partial charge in [0.05, 0.1) is 23.9 Å². The van der Waals surface area contributed by atoms with Crippen LogP contribution in [-0.4, -0.2) is 74.0 Å². The number of hydrogen-bond donors (Lipinski definition) is 5. The third-order valence-electron chi connectivity index (χ3n) is 11.6. The monoisotopic (exact) mass is 482 g/mol. The molecule has 1 heterocycles. The minimum absolute atomic E-state index is 0.0491. The molecule has 4 saturated carbocycles. The molecule has 0 spiro atoms. The predicted octanol–water partition coefficient (Wildman–Crippen LogP) is 2.35. The molecule has 7 heteroatoms. The molecule has 0 aromatic carbocycles. The van der Waals surface area contributed by atoms with E-state index in [2.05, 4.69) is 13.8 Å². The molecule has 1 saturated heterocycles. The van der Waals surface area contributed by atoms with Crippen LogP contribution in [0.15, 0.2) is 0 Å². The highest BCUT2D eigenvalue weighted by molar-refractivity contribution is 5.17. The fourth-order valence-electron chi connectivity index (χ4n) is 9.44. The number of fused-ring (bicyclic) bond motifs is 5. The molecule has 1 unspecified atom stereocenters. The lowest BCUT2D eigenvalue weighted by atomic mass is 9.43. The molecular weight excluding hydrogens is 436 g/mol. The second-order valence-corrected chi connectivity index (χ2v) is 13.0. The molecule has 5 rings (SSSR count). The molecule has 0 aromatic rings. The van der Waals surface area contributed by atoms with E-state index in [9.17, 15) is 25.5 Å². The van der Waals surface area contributed by atoms with E-state index in [-0.39, 0.29) is 34.9 Å². The Morgan fingerprint density at radius 2 is 1.62 bits per heavy atom. The average molecular weight is 483 g/mol. The summed E-state index contributed by atoms with van der Waals surface area (Å²) in [5, 5.41) is 53.1. The van der Waals surface area contributed by atoms with E-state index >= 15 is 0 Å². The maximum atomic E-state index is 12.1. The molecule has 5 fully saturated rings. The fraction of sp³-hybridized carbons (Fsp3) is 1.00. The molecule has 4 aliphatic carbocycles. The summed E-state index contributed by atoms with van der Waals surface area (Å²) in [5.74, 6) is 1.43. The first kappa shape index (κ1) is 25.4. The zero-order chi connectivity index (χ0) is 24.6. The Labute approximate surface area is 203 Å². The van der Waals surface area contributed by atoms with Crippen molar-refractivity contribution in [2.75, 3.05) is 0 Å². The zero-order valence-electron chi connectivity index (χ0n) is 21.3. The van der Waals surface area contributed by atoms with Crippen molar-refractivity contribution in [3.63, 3.8) is 0 Å². The normalized spacial score (nSPS) is 58.5. The zero-order valence-corrected chi connectivity index (χ0v) is 21.3. The summed E-state index contributed by atoms with van der Waals surface area (Å²) in [7, 11) is 0. The van der Waals surface area contributed by atoms with E-state index in [1.807, 2.05) is 6.92 Å². The highest BCUT2D eigenvalue weighted by Crippen LogP contribution is 2.69. The first-order valence-corrected chi connectivity index (χ1v) is 13.7. The third-order valence-corrected chi connectivity index (χ3v) is 11.6. The minimum atomic E-state index is -1.27. The van der Waals surface area contributed by atoms with Gasteiger partial charge in [-0.05, 0) is 101 Å². The van der Waals surface area contributed by atoms with Crippen LogP contribution in [-0.2, 0) is 9.47 Å². The summed E-state index contributed by atoms with van der Waals surface area (Å²) in [6.45, 7) is 8.23. The summed E-state index contributed by atoms with van der Waals surface area (Å²) >= 11 is 0. The largest absolute Gasteiger partial charge is 0.393 e. The molecule has 196 valence electrons. The van der Waals surface area contributed by atoms with Gasteiger partial charge in [0.2, 0.25) is 0 Å². The number of hydrogen-bond acceptors (Lipinski definition) is 7. The molecule has 14 atom stereocenters. The molecule has 0 aromatic heterocycles. The van der Waals surface area contributed by atoms with Crippen LogP contribution in [0.4, 0.5) is 0 Å². The van der Waals surface area contributed by atoms with E-state index in [0.717, 1.165) is 57.8 Å². The van der Waals surface area contributed by atoms with Crippen molar-refractivity contribution < 1.29 is 35.0 Å². The Bertz CT molecular complexity index is 761. The van der Waals surface area contributed by atoms with Gasteiger partial charge >= 0.3 is 0 Å². The first-order chi connectivity index (χ1) is 15.9. The molecule has 34 heavy (non-hydrogen) atoms. The second kappa shape index (κ2) is 8.64. The van der Waals surface area contributed by atoms with Crippen molar-refractivity contribution in [3.8, 4) is 0 Å². The number of rotatable bonds is 3. The van der Waals surface area contributed by atoms with Crippen LogP contribution < -0.4 is 0 Å². The Balaban J connectivity index is 1.29. The molecule has 5 N–H and O–H groups in total. The molecular formula is C27H46O7. The SMILES string of the molecule is C[C@@H]1O[C@@H](O[C@H]2CC[C@@]3(C)C(CC[C@@H]4[C@@H]3CC[C@]3(C)[C@@H]([C@@H](C)O)CC[C@]43O)C2)[C@H](O)[C@H](O)[C@H]1O. The second-order valence-electron chi connectivity index (χ2n) is 13.0. The topological polar surface area (TPSA) is 120 Å². The summed E-state index contributed by atoms with van der Waals surface area (Å²) in [6.07, 6.45) is 3.04. The first-order valence-electron chi connectivity index (χ1n) is 13.7. The average Bonchev–Trinajstić information content (AvgIpc) is 3.07. The summed E-state index contributed by atoms with van der Waals surface area (Å²) in [4.78, 5) is 0. The summed E-state index contributed by atoms with van der Waals surface area (Å²) in [5.41, 5.74) is -0.744. The van der Waals surface area contributed by atoms with Crippen molar-refractivity contribution in [1.29, 1.82) is 0 Å². The van der Waals surface area contributed by atoms with Gasteiger partial charge < -0.3 is 35.0 Å². The number of aliphatic hydroxyl groups is 5. The minimum Gasteiger partial charge on any atom is -0.393 e. The van der Waals surface area contributed by atoms with Gasteiger partial charge in [-0.15, -0.1) is 0 Å². The van der Waals surface area contributed by atoms with Crippen LogP contribution in [0.3, 0.4) is 0 Å². The smallest absolute Gasteiger partial charge is 0.186 e. The third kappa shape index (κ3) is 3.56. The lowest BCUT2D eigenvalue weighted by Crippen LogP contribution is -2.63. The summed E-state index contributed by atoms with van der Waals surface area (Å²) in [6, 6.07) is 0. The molecule has 7 nitrogen and oxygen atoms in total. The molecule has 0 bridgehead atoms. The van der Waals surface area contributed by atoms with Crippen molar-refractivity contribution in [3.05, 3.63) is 0 Å². The molecule has 0 amide bonds. The quantitative estimate of drug-likeness (QED) is 0.392. The molecule has 1 aliphatic heterocycles.